The second-order valence-corrected chi connectivity index (χ2v) is 4.33. The summed E-state index contributed by atoms with van der Waals surface area (Å²) < 4.78 is 0. The first kappa shape index (κ1) is 11.7. The zero-order valence-electron chi connectivity index (χ0n) is 9.81. The van der Waals surface area contributed by atoms with Crippen molar-refractivity contribution in [2.75, 3.05) is 25.4 Å². The molecule has 5 nitrogen and oxygen atoms in total. The van der Waals surface area contributed by atoms with Crippen LogP contribution >= 0.6 is 0 Å². The van der Waals surface area contributed by atoms with Gasteiger partial charge in [0.15, 0.2) is 0 Å². The molecule has 5 heteroatoms. The lowest BCUT2D eigenvalue weighted by atomic mass is 10.1. The Bertz CT molecular complexity index is 434. The summed E-state index contributed by atoms with van der Waals surface area (Å²) in [6.07, 6.45) is 0. The molecule has 1 fully saturated rings. The molecule has 1 aliphatic heterocycles. The van der Waals surface area contributed by atoms with Crippen LogP contribution in [0.3, 0.4) is 0 Å². The molecule has 17 heavy (non-hydrogen) atoms. The van der Waals surface area contributed by atoms with E-state index >= 15 is 0 Å². The van der Waals surface area contributed by atoms with Gasteiger partial charge in [-0.2, -0.15) is 0 Å². The van der Waals surface area contributed by atoms with Crippen LogP contribution in [0.2, 0.25) is 0 Å². The summed E-state index contributed by atoms with van der Waals surface area (Å²) >= 11 is 0. The van der Waals surface area contributed by atoms with Crippen molar-refractivity contribution >= 4 is 11.6 Å². The SMILES string of the molecule is CC1CNCCN1C(=O)c1ccc(N)c(O)c1. The normalized spacial score (nSPS) is 20.3. The topological polar surface area (TPSA) is 78.6 Å². The van der Waals surface area contributed by atoms with Gasteiger partial charge in [-0.05, 0) is 25.1 Å². The fourth-order valence-corrected chi connectivity index (χ4v) is 1.99. The molecule has 0 radical (unpaired) electrons. The first-order valence-corrected chi connectivity index (χ1v) is 5.70. The maximum absolute atomic E-state index is 12.2. The fraction of sp³-hybridized carbons (Fsp3) is 0.417. The molecule has 1 aromatic rings. The Balaban J connectivity index is 2.21. The zero-order valence-corrected chi connectivity index (χ0v) is 9.81. The monoisotopic (exact) mass is 235 g/mol. The van der Waals surface area contributed by atoms with Crippen molar-refractivity contribution in [3.8, 4) is 5.75 Å². The van der Waals surface area contributed by atoms with Gasteiger partial charge in [0, 0.05) is 31.2 Å². The molecule has 1 saturated heterocycles. The van der Waals surface area contributed by atoms with E-state index in [1.165, 1.54) is 6.07 Å². The predicted octanol–water partition coefficient (Wildman–Crippen LogP) is 0.408. The third-order valence-corrected chi connectivity index (χ3v) is 3.04. The summed E-state index contributed by atoms with van der Waals surface area (Å²) in [4.78, 5) is 14.0. The molecule has 1 aromatic carbocycles. The average Bonchev–Trinajstić information content (AvgIpc) is 2.32. The van der Waals surface area contributed by atoms with Crippen LogP contribution < -0.4 is 11.1 Å². The van der Waals surface area contributed by atoms with Gasteiger partial charge in [-0.25, -0.2) is 0 Å². The Hall–Kier alpha value is -1.75. The van der Waals surface area contributed by atoms with Crippen molar-refractivity contribution in [3.05, 3.63) is 23.8 Å². The number of benzene rings is 1. The number of piperazine rings is 1. The lowest BCUT2D eigenvalue weighted by Gasteiger charge is -2.34. The molecule has 0 bridgehead atoms. The molecule has 92 valence electrons. The van der Waals surface area contributed by atoms with Crippen molar-refractivity contribution in [2.24, 2.45) is 0 Å². The number of carbonyl (C=O) groups excluding carboxylic acids is 1. The Morgan fingerprint density at radius 2 is 2.35 bits per heavy atom. The highest BCUT2D eigenvalue weighted by Crippen LogP contribution is 2.22. The number of hydrogen-bond acceptors (Lipinski definition) is 4. The van der Waals surface area contributed by atoms with Gasteiger partial charge in [-0.1, -0.05) is 0 Å². The van der Waals surface area contributed by atoms with Crippen LogP contribution in [0.15, 0.2) is 18.2 Å². The van der Waals surface area contributed by atoms with Crippen LogP contribution in [-0.4, -0.2) is 41.6 Å². The first-order valence-electron chi connectivity index (χ1n) is 5.70. The van der Waals surface area contributed by atoms with Crippen LogP contribution in [0.5, 0.6) is 5.75 Å². The maximum Gasteiger partial charge on any atom is 0.254 e. The van der Waals surface area contributed by atoms with E-state index in [1.807, 2.05) is 11.8 Å². The summed E-state index contributed by atoms with van der Waals surface area (Å²) in [6, 6.07) is 4.78. The number of anilines is 1. The second-order valence-electron chi connectivity index (χ2n) is 4.33. The number of carbonyl (C=O) groups is 1. The van der Waals surface area contributed by atoms with Crippen molar-refractivity contribution < 1.29 is 9.90 Å². The molecule has 1 aliphatic rings. The first-order chi connectivity index (χ1) is 8.09. The van der Waals surface area contributed by atoms with Gasteiger partial charge < -0.3 is 21.1 Å². The van der Waals surface area contributed by atoms with E-state index in [0.717, 1.165) is 13.1 Å². The molecule has 1 unspecified atom stereocenters. The van der Waals surface area contributed by atoms with Gasteiger partial charge in [0.25, 0.3) is 5.91 Å². The number of nitrogens with two attached hydrogens (primary N) is 1. The smallest absolute Gasteiger partial charge is 0.254 e. The van der Waals surface area contributed by atoms with E-state index in [4.69, 9.17) is 5.73 Å². The largest absolute Gasteiger partial charge is 0.506 e. The van der Waals surface area contributed by atoms with Gasteiger partial charge in [0.05, 0.1) is 5.69 Å². The lowest BCUT2D eigenvalue weighted by Crippen LogP contribution is -2.52. The molecule has 2 rings (SSSR count). The third-order valence-electron chi connectivity index (χ3n) is 3.04. The number of hydrogen-bond donors (Lipinski definition) is 3. The van der Waals surface area contributed by atoms with Gasteiger partial charge in [-0.15, -0.1) is 0 Å². The number of phenolic OH excluding ortho intramolecular Hbond substituents is 1. The highest BCUT2D eigenvalue weighted by Gasteiger charge is 2.24. The van der Waals surface area contributed by atoms with Crippen molar-refractivity contribution in [2.45, 2.75) is 13.0 Å². The van der Waals surface area contributed by atoms with Crippen LogP contribution in [0, 0.1) is 0 Å². The number of phenols is 1. The van der Waals surface area contributed by atoms with Crippen molar-refractivity contribution in [1.82, 2.24) is 10.2 Å². The highest BCUT2D eigenvalue weighted by molar-refractivity contribution is 5.95. The van der Waals surface area contributed by atoms with Gasteiger partial charge in [0.2, 0.25) is 0 Å². The summed E-state index contributed by atoms with van der Waals surface area (Å²) in [5.74, 6) is -0.104. The summed E-state index contributed by atoms with van der Waals surface area (Å²) in [5, 5.41) is 12.7. The number of nitrogens with zero attached hydrogens (tertiary/aromatic N) is 1. The van der Waals surface area contributed by atoms with Crippen LogP contribution in [0.4, 0.5) is 5.69 Å². The minimum atomic E-state index is -0.0608. The standard InChI is InChI=1S/C12H17N3O2/c1-8-7-14-4-5-15(8)12(17)9-2-3-10(13)11(16)6-9/h2-3,6,8,14,16H,4-5,7,13H2,1H3. The lowest BCUT2D eigenvalue weighted by molar-refractivity contribution is 0.0655. The van der Waals surface area contributed by atoms with Gasteiger partial charge in [-0.3, -0.25) is 4.79 Å². The number of nitrogens with one attached hydrogen (secondary N) is 1. The minimum absolute atomic E-state index is 0.0429. The number of amides is 1. The highest BCUT2D eigenvalue weighted by atomic mass is 16.3. The number of nitrogen functional groups attached to an aromatic ring is 1. The molecule has 4 N–H and O–H groups in total. The van der Waals surface area contributed by atoms with E-state index in [0.29, 0.717) is 12.1 Å². The van der Waals surface area contributed by atoms with E-state index in [1.54, 1.807) is 12.1 Å². The summed E-state index contributed by atoms with van der Waals surface area (Å²) in [5.41, 5.74) is 6.27. The summed E-state index contributed by atoms with van der Waals surface area (Å²) in [7, 11) is 0. The third kappa shape index (κ3) is 2.34. The second kappa shape index (κ2) is 4.63. The van der Waals surface area contributed by atoms with E-state index in [9.17, 15) is 9.90 Å². The predicted molar refractivity (Wildman–Crippen MR) is 65.9 cm³/mol. The average molecular weight is 235 g/mol. The fourth-order valence-electron chi connectivity index (χ4n) is 1.99. The van der Waals surface area contributed by atoms with Crippen LogP contribution in [-0.2, 0) is 0 Å². The molecule has 1 heterocycles. The number of aromatic hydroxyl groups is 1. The van der Waals surface area contributed by atoms with Gasteiger partial charge in [0.1, 0.15) is 5.75 Å². The van der Waals surface area contributed by atoms with Crippen molar-refractivity contribution in [1.29, 1.82) is 0 Å². The molecule has 0 saturated carbocycles. The van der Waals surface area contributed by atoms with E-state index in [-0.39, 0.29) is 23.4 Å². The quantitative estimate of drug-likeness (QED) is 0.486. The van der Waals surface area contributed by atoms with Gasteiger partial charge >= 0.3 is 0 Å². The molecule has 0 spiro atoms. The Labute approximate surface area is 100 Å². The molecule has 0 aromatic heterocycles. The Morgan fingerprint density at radius 1 is 1.59 bits per heavy atom. The summed E-state index contributed by atoms with van der Waals surface area (Å²) in [6.45, 7) is 4.29. The molecular formula is C12H17N3O2. The molecule has 0 aliphatic carbocycles. The minimum Gasteiger partial charge on any atom is -0.506 e. The van der Waals surface area contributed by atoms with E-state index in [2.05, 4.69) is 5.32 Å². The van der Waals surface area contributed by atoms with E-state index < -0.39 is 0 Å². The van der Waals surface area contributed by atoms with Crippen molar-refractivity contribution in [3.63, 3.8) is 0 Å². The van der Waals surface area contributed by atoms with Crippen LogP contribution in [0.25, 0.3) is 0 Å². The van der Waals surface area contributed by atoms with Crippen LogP contribution in [0.1, 0.15) is 17.3 Å². The zero-order chi connectivity index (χ0) is 12.4. The molecular weight excluding hydrogens is 218 g/mol. The molecule has 1 amide bonds. The maximum atomic E-state index is 12.2. The molecule has 1 atom stereocenters. The number of rotatable bonds is 1. The Morgan fingerprint density at radius 3 is 3.00 bits per heavy atom. The Kier molecular flexibility index (Phi) is 3.19.